The lowest BCUT2D eigenvalue weighted by Crippen LogP contribution is -2.42. The molecular weight excluding hydrogens is 246 g/mol. The highest BCUT2D eigenvalue weighted by Crippen LogP contribution is 2.12. The Morgan fingerprint density at radius 1 is 1.47 bits per heavy atom. The van der Waals surface area contributed by atoms with E-state index in [1.54, 1.807) is 0 Å². The molecule has 0 aliphatic rings. The van der Waals surface area contributed by atoms with Gasteiger partial charge in [-0.3, -0.25) is 10.2 Å². The second kappa shape index (κ2) is 6.15. The van der Waals surface area contributed by atoms with Crippen molar-refractivity contribution in [1.82, 2.24) is 15.8 Å². The number of halogens is 1. The summed E-state index contributed by atoms with van der Waals surface area (Å²) in [5.74, 6) is -0.309. The molecule has 2 amide bonds. The summed E-state index contributed by atoms with van der Waals surface area (Å²) in [6.45, 7) is 4.10. The lowest BCUT2D eigenvalue weighted by molar-refractivity contribution is 0.0897. The molecule has 3 N–H and O–H groups in total. The molecule has 0 atom stereocenters. The summed E-state index contributed by atoms with van der Waals surface area (Å²) in [7, 11) is 0. The van der Waals surface area contributed by atoms with Gasteiger partial charge in [-0.2, -0.15) is 0 Å². The number of aromatic nitrogens is 1. The van der Waals surface area contributed by atoms with E-state index in [-0.39, 0.29) is 23.2 Å². The molecule has 0 radical (unpaired) electrons. The van der Waals surface area contributed by atoms with Crippen LogP contribution in [0.4, 0.5) is 4.79 Å². The SMILES string of the molecule is CC(C)COC(=O)NNC(=O)c1[nH]ccc1Cl. The van der Waals surface area contributed by atoms with Gasteiger partial charge in [0.1, 0.15) is 5.69 Å². The number of ether oxygens (including phenoxy) is 1. The molecule has 0 aliphatic carbocycles. The summed E-state index contributed by atoms with van der Waals surface area (Å²) in [4.78, 5) is 25.2. The number of hydrazine groups is 1. The van der Waals surface area contributed by atoms with Gasteiger partial charge in [0.25, 0.3) is 5.91 Å². The molecule has 0 aliphatic heterocycles. The smallest absolute Gasteiger partial charge is 0.426 e. The number of hydrogen-bond donors (Lipinski definition) is 3. The second-order valence-electron chi connectivity index (χ2n) is 3.77. The van der Waals surface area contributed by atoms with E-state index in [0.717, 1.165) is 0 Å². The van der Waals surface area contributed by atoms with E-state index >= 15 is 0 Å². The van der Waals surface area contributed by atoms with Gasteiger partial charge >= 0.3 is 6.09 Å². The first-order valence-electron chi connectivity index (χ1n) is 5.06. The predicted octanol–water partition coefficient (Wildman–Crippen LogP) is 1.70. The molecule has 7 heteroatoms. The Morgan fingerprint density at radius 2 is 2.18 bits per heavy atom. The molecule has 1 aromatic heterocycles. The van der Waals surface area contributed by atoms with Crippen molar-refractivity contribution in [3.63, 3.8) is 0 Å². The van der Waals surface area contributed by atoms with Crippen molar-refractivity contribution in [3.05, 3.63) is 23.0 Å². The van der Waals surface area contributed by atoms with Crippen LogP contribution in [0.1, 0.15) is 24.3 Å². The van der Waals surface area contributed by atoms with Gasteiger partial charge in [0.05, 0.1) is 11.6 Å². The number of nitrogens with one attached hydrogen (secondary N) is 3. The fraction of sp³-hybridized carbons (Fsp3) is 0.400. The van der Waals surface area contributed by atoms with E-state index < -0.39 is 12.0 Å². The van der Waals surface area contributed by atoms with Crippen LogP contribution in [0.3, 0.4) is 0 Å². The summed E-state index contributed by atoms with van der Waals surface area (Å²) in [5, 5.41) is 0.278. The molecule has 94 valence electrons. The van der Waals surface area contributed by atoms with Crippen LogP contribution < -0.4 is 10.9 Å². The maximum atomic E-state index is 11.5. The van der Waals surface area contributed by atoms with Crippen LogP contribution in [0.25, 0.3) is 0 Å². The maximum absolute atomic E-state index is 11.5. The van der Waals surface area contributed by atoms with E-state index in [0.29, 0.717) is 0 Å². The Hall–Kier alpha value is -1.69. The van der Waals surface area contributed by atoms with Crippen LogP contribution in [0.5, 0.6) is 0 Å². The molecule has 0 saturated heterocycles. The number of rotatable bonds is 3. The number of amides is 2. The third-order valence-electron chi connectivity index (χ3n) is 1.75. The van der Waals surface area contributed by atoms with Crippen LogP contribution in [0.15, 0.2) is 12.3 Å². The van der Waals surface area contributed by atoms with Gasteiger partial charge in [-0.15, -0.1) is 0 Å². The van der Waals surface area contributed by atoms with Crippen LogP contribution in [0.2, 0.25) is 5.02 Å². The number of aromatic amines is 1. The molecular formula is C10H14ClN3O3. The molecule has 6 nitrogen and oxygen atoms in total. The lowest BCUT2D eigenvalue weighted by atomic mass is 10.2. The van der Waals surface area contributed by atoms with Crippen LogP contribution in [-0.2, 0) is 4.74 Å². The van der Waals surface area contributed by atoms with Gasteiger partial charge in [0.2, 0.25) is 0 Å². The Balaban J connectivity index is 2.34. The largest absolute Gasteiger partial charge is 0.448 e. The van der Waals surface area contributed by atoms with Crippen LogP contribution >= 0.6 is 11.6 Å². The number of H-pyrrole nitrogens is 1. The van der Waals surface area contributed by atoms with Crippen molar-refractivity contribution in [2.45, 2.75) is 13.8 Å². The zero-order valence-electron chi connectivity index (χ0n) is 9.54. The average Bonchev–Trinajstić information content (AvgIpc) is 2.69. The second-order valence-corrected chi connectivity index (χ2v) is 4.18. The Morgan fingerprint density at radius 3 is 2.71 bits per heavy atom. The number of carbonyl (C=O) groups excluding carboxylic acids is 2. The van der Waals surface area contributed by atoms with Crippen molar-refractivity contribution in [1.29, 1.82) is 0 Å². The minimum absolute atomic E-state index is 0.177. The van der Waals surface area contributed by atoms with Crippen molar-refractivity contribution < 1.29 is 14.3 Å². The molecule has 0 unspecified atom stereocenters. The van der Waals surface area contributed by atoms with E-state index in [2.05, 4.69) is 15.8 Å². The highest BCUT2D eigenvalue weighted by Gasteiger charge is 2.12. The molecule has 0 bridgehead atoms. The molecule has 0 aromatic carbocycles. The Bertz CT molecular complexity index is 403. The normalized spacial score (nSPS) is 10.1. The van der Waals surface area contributed by atoms with Crippen LogP contribution in [-0.4, -0.2) is 23.6 Å². The monoisotopic (exact) mass is 259 g/mol. The minimum Gasteiger partial charge on any atom is -0.448 e. The number of carbonyl (C=O) groups is 2. The molecule has 1 heterocycles. The highest BCUT2D eigenvalue weighted by atomic mass is 35.5. The quantitative estimate of drug-likeness (QED) is 0.723. The average molecular weight is 260 g/mol. The molecule has 17 heavy (non-hydrogen) atoms. The third-order valence-corrected chi connectivity index (χ3v) is 2.06. The van der Waals surface area contributed by atoms with Crippen molar-refractivity contribution in [2.24, 2.45) is 5.92 Å². The van der Waals surface area contributed by atoms with Crippen LogP contribution in [0, 0.1) is 5.92 Å². The molecule has 1 aromatic rings. The van der Waals surface area contributed by atoms with Gasteiger partial charge in [-0.1, -0.05) is 25.4 Å². The summed E-state index contributed by atoms with van der Waals surface area (Å²) >= 11 is 5.72. The summed E-state index contributed by atoms with van der Waals surface area (Å²) in [6.07, 6.45) is 0.809. The van der Waals surface area contributed by atoms with E-state index in [1.807, 2.05) is 13.8 Å². The summed E-state index contributed by atoms with van der Waals surface area (Å²) in [6, 6.07) is 1.54. The maximum Gasteiger partial charge on any atom is 0.426 e. The molecule has 0 spiro atoms. The van der Waals surface area contributed by atoms with Crippen molar-refractivity contribution in [2.75, 3.05) is 6.61 Å². The van der Waals surface area contributed by atoms with Gasteiger partial charge < -0.3 is 9.72 Å². The van der Waals surface area contributed by atoms with Gasteiger partial charge in [0.15, 0.2) is 0 Å². The Kier molecular flexibility index (Phi) is 4.84. The highest BCUT2D eigenvalue weighted by molar-refractivity contribution is 6.33. The minimum atomic E-state index is -0.713. The third kappa shape index (κ3) is 4.36. The van der Waals surface area contributed by atoms with Gasteiger partial charge in [-0.05, 0) is 12.0 Å². The fourth-order valence-corrected chi connectivity index (χ4v) is 1.18. The predicted molar refractivity (Wildman–Crippen MR) is 62.6 cm³/mol. The summed E-state index contributed by atoms with van der Waals surface area (Å²) in [5.41, 5.74) is 4.46. The molecule has 0 fully saturated rings. The van der Waals surface area contributed by atoms with Gasteiger partial charge in [-0.25, -0.2) is 10.2 Å². The first-order valence-corrected chi connectivity index (χ1v) is 5.44. The first kappa shape index (κ1) is 13.4. The van der Waals surface area contributed by atoms with E-state index in [1.165, 1.54) is 12.3 Å². The Labute approximate surface area is 104 Å². The van der Waals surface area contributed by atoms with Crippen molar-refractivity contribution in [3.8, 4) is 0 Å². The zero-order chi connectivity index (χ0) is 12.8. The fourth-order valence-electron chi connectivity index (χ4n) is 0.973. The first-order chi connectivity index (χ1) is 8.00. The lowest BCUT2D eigenvalue weighted by Gasteiger charge is -2.09. The zero-order valence-corrected chi connectivity index (χ0v) is 10.3. The van der Waals surface area contributed by atoms with Gasteiger partial charge in [0, 0.05) is 6.20 Å². The van der Waals surface area contributed by atoms with E-state index in [4.69, 9.17) is 16.3 Å². The topological polar surface area (TPSA) is 83.2 Å². The van der Waals surface area contributed by atoms with Crippen molar-refractivity contribution >= 4 is 23.6 Å². The standard InChI is InChI=1S/C10H14ClN3O3/c1-6(2)5-17-10(16)14-13-9(15)8-7(11)3-4-12-8/h3-4,6,12H,5H2,1-2H3,(H,13,15)(H,14,16). The molecule has 0 saturated carbocycles. The van der Waals surface area contributed by atoms with E-state index in [9.17, 15) is 9.59 Å². The number of hydrogen-bond acceptors (Lipinski definition) is 3. The molecule has 1 rings (SSSR count). The summed E-state index contributed by atoms with van der Waals surface area (Å²) < 4.78 is 4.79.